The molecule has 0 spiro atoms. The third-order valence-electron chi connectivity index (χ3n) is 1.52. The molecule has 0 bridgehead atoms. The van der Waals surface area contributed by atoms with E-state index in [0.29, 0.717) is 6.08 Å². The number of nitrogens with one attached hydrogen (secondary N) is 1. The number of carbonyl (C=O) groups excluding carboxylic acids is 1. The van der Waals surface area contributed by atoms with Crippen LogP contribution in [0.5, 0.6) is 0 Å². The van der Waals surface area contributed by atoms with Gasteiger partial charge in [0.15, 0.2) is 0 Å². The summed E-state index contributed by atoms with van der Waals surface area (Å²) in [6, 6.07) is -1.23. The van der Waals surface area contributed by atoms with E-state index < -0.39 is 29.7 Å². The summed E-state index contributed by atoms with van der Waals surface area (Å²) in [7, 11) is 0. The van der Waals surface area contributed by atoms with Crippen molar-refractivity contribution in [3.05, 3.63) is 11.6 Å². The predicted molar refractivity (Wildman–Crippen MR) is 45.1 cm³/mol. The van der Waals surface area contributed by atoms with Crippen LogP contribution in [0.3, 0.4) is 0 Å². The molecule has 0 aromatic rings. The van der Waals surface area contributed by atoms with E-state index in [4.69, 9.17) is 5.11 Å². The Morgan fingerprint density at radius 3 is 2.20 bits per heavy atom. The number of alkyl halides is 3. The van der Waals surface area contributed by atoms with E-state index in [9.17, 15) is 22.8 Å². The highest BCUT2D eigenvalue weighted by atomic mass is 19.4. The molecule has 0 fully saturated rings. The Balaban J connectivity index is 4.44. The number of halogens is 3. The van der Waals surface area contributed by atoms with Gasteiger partial charge in [-0.3, -0.25) is 9.59 Å². The number of carbonyl (C=O) groups is 2. The molecule has 1 amide bonds. The molecule has 1 unspecified atom stereocenters. The summed E-state index contributed by atoms with van der Waals surface area (Å²) in [5, 5.41) is 10.2. The van der Waals surface area contributed by atoms with Crippen molar-refractivity contribution in [3.63, 3.8) is 0 Å². The van der Waals surface area contributed by atoms with Crippen molar-refractivity contribution < 1.29 is 27.9 Å². The van der Waals surface area contributed by atoms with Gasteiger partial charge in [0.05, 0.1) is 0 Å². The Labute approximate surface area is 83.8 Å². The zero-order chi connectivity index (χ0) is 12.2. The summed E-state index contributed by atoms with van der Waals surface area (Å²) in [5.74, 6) is -2.40. The van der Waals surface area contributed by atoms with Crippen LogP contribution in [0.4, 0.5) is 13.2 Å². The van der Waals surface area contributed by atoms with E-state index in [1.807, 2.05) is 5.32 Å². The first-order valence-corrected chi connectivity index (χ1v) is 3.93. The highest BCUT2D eigenvalue weighted by Crippen LogP contribution is 2.24. The monoisotopic (exact) mass is 225 g/mol. The van der Waals surface area contributed by atoms with Gasteiger partial charge >= 0.3 is 12.1 Å². The number of amides is 1. The van der Waals surface area contributed by atoms with E-state index in [2.05, 4.69) is 0 Å². The molecule has 15 heavy (non-hydrogen) atoms. The van der Waals surface area contributed by atoms with E-state index in [-0.39, 0.29) is 0 Å². The first-order valence-electron chi connectivity index (χ1n) is 3.93. The summed E-state index contributed by atoms with van der Waals surface area (Å²) in [6.45, 7) is 1.88. The van der Waals surface area contributed by atoms with Crippen molar-refractivity contribution in [2.24, 2.45) is 0 Å². The molecule has 4 nitrogen and oxygen atoms in total. The van der Waals surface area contributed by atoms with Crippen LogP contribution >= 0.6 is 0 Å². The third kappa shape index (κ3) is 5.04. The summed E-state index contributed by atoms with van der Waals surface area (Å²) in [4.78, 5) is 21.1. The Morgan fingerprint density at radius 2 is 1.87 bits per heavy atom. The molecule has 0 radical (unpaired) electrons. The maximum atomic E-state index is 11.9. The second-order valence-corrected chi connectivity index (χ2v) is 2.89. The number of rotatable bonds is 3. The van der Waals surface area contributed by atoms with Crippen molar-refractivity contribution >= 4 is 11.9 Å². The van der Waals surface area contributed by atoms with Gasteiger partial charge in [-0.05, 0) is 13.8 Å². The van der Waals surface area contributed by atoms with Crippen molar-refractivity contribution in [2.45, 2.75) is 26.1 Å². The molecule has 0 heterocycles. The minimum atomic E-state index is -4.58. The molecule has 2 N–H and O–H groups in total. The minimum absolute atomic E-state index is 0.319. The van der Waals surface area contributed by atoms with Gasteiger partial charge in [-0.15, -0.1) is 0 Å². The van der Waals surface area contributed by atoms with Gasteiger partial charge in [0.1, 0.15) is 6.04 Å². The molecule has 0 aromatic carbocycles. The molecule has 0 saturated heterocycles. The van der Waals surface area contributed by atoms with Crippen LogP contribution in [0.1, 0.15) is 13.8 Å². The first-order chi connectivity index (χ1) is 6.64. The van der Waals surface area contributed by atoms with Gasteiger partial charge in [-0.2, -0.15) is 13.2 Å². The lowest BCUT2D eigenvalue weighted by atomic mass is 10.2. The molecule has 0 saturated carbocycles. The topological polar surface area (TPSA) is 66.4 Å². The molecular weight excluding hydrogens is 215 g/mol. The van der Waals surface area contributed by atoms with Crippen molar-refractivity contribution in [2.75, 3.05) is 0 Å². The van der Waals surface area contributed by atoms with Crippen LogP contribution in [0.25, 0.3) is 0 Å². The second-order valence-electron chi connectivity index (χ2n) is 2.89. The summed E-state index contributed by atoms with van der Waals surface area (Å²) >= 11 is 0. The average Bonchev–Trinajstić information content (AvgIpc) is 2.01. The Morgan fingerprint density at radius 1 is 1.40 bits per heavy atom. The number of carboxylic acid groups (broad SMARTS) is 1. The molecule has 7 heteroatoms. The third-order valence-corrected chi connectivity index (χ3v) is 1.52. The van der Waals surface area contributed by atoms with Gasteiger partial charge in [0, 0.05) is 11.6 Å². The fourth-order valence-electron chi connectivity index (χ4n) is 0.595. The smallest absolute Gasteiger partial charge is 0.412 e. The van der Waals surface area contributed by atoms with Crippen molar-refractivity contribution in [1.29, 1.82) is 0 Å². The SMILES string of the molecule is C/C(=C\C(=O)NC(C)C(=O)O)C(F)(F)F. The number of hydrogen-bond donors (Lipinski definition) is 2. The van der Waals surface area contributed by atoms with Crippen LogP contribution in [0.15, 0.2) is 11.6 Å². The van der Waals surface area contributed by atoms with Gasteiger partial charge in [-0.1, -0.05) is 0 Å². The Bertz CT molecular complexity index is 296. The van der Waals surface area contributed by atoms with Crippen LogP contribution < -0.4 is 5.32 Å². The Hall–Kier alpha value is -1.53. The van der Waals surface area contributed by atoms with Gasteiger partial charge in [0.25, 0.3) is 0 Å². The number of carboxylic acids is 1. The van der Waals surface area contributed by atoms with Crippen molar-refractivity contribution in [3.8, 4) is 0 Å². The van der Waals surface area contributed by atoms with Crippen molar-refractivity contribution in [1.82, 2.24) is 5.32 Å². The second kappa shape index (κ2) is 4.81. The summed E-state index contributed by atoms with van der Waals surface area (Å²) < 4.78 is 35.8. The quantitative estimate of drug-likeness (QED) is 0.706. The molecule has 0 rings (SSSR count). The number of allylic oxidation sites excluding steroid dienone is 1. The van der Waals surface area contributed by atoms with E-state index in [0.717, 1.165) is 13.8 Å². The van der Waals surface area contributed by atoms with E-state index in [1.54, 1.807) is 0 Å². The summed E-state index contributed by atoms with van der Waals surface area (Å²) in [6.07, 6.45) is -4.26. The average molecular weight is 225 g/mol. The van der Waals surface area contributed by atoms with E-state index in [1.165, 1.54) is 0 Å². The maximum absolute atomic E-state index is 11.9. The standard InChI is InChI=1S/C8H10F3NO3/c1-4(8(9,10)11)3-6(13)12-5(2)7(14)15/h3,5H,1-2H3,(H,12,13)(H,14,15)/b4-3+. The van der Waals surface area contributed by atoms with Crippen LogP contribution in [-0.2, 0) is 9.59 Å². The summed E-state index contributed by atoms with van der Waals surface area (Å²) in [5.41, 5.74) is -1.09. The fraction of sp³-hybridized carbons (Fsp3) is 0.500. The molecular formula is C8H10F3NO3. The lowest BCUT2D eigenvalue weighted by molar-refractivity contribution is -0.140. The highest BCUT2D eigenvalue weighted by Gasteiger charge is 2.30. The van der Waals surface area contributed by atoms with Gasteiger partial charge in [-0.25, -0.2) is 0 Å². The van der Waals surface area contributed by atoms with Gasteiger partial charge < -0.3 is 10.4 Å². The largest absolute Gasteiger partial charge is 0.480 e. The molecule has 0 aliphatic heterocycles. The lowest BCUT2D eigenvalue weighted by Crippen LogP contribution is -2.37. The fourth-order valence-corrected chi connectivity index (χ4v) is 0.595. The predicted octanol–water partition coefficient (Wildman–Crippen LogP) is 1.08. The van der Waals surface area contributed by atoms with E-state index >= 15 is 0 Å². The minimum Gasteiger partial charge on any atom is -0.480 e. The first kappa shape index (κ1) is 13.5. The lowest BCUT2D eigenvalue weighted by Gasteiger charge is -2.09. The van der Waals surface area contributed by atoms with Crippen LogP contribution in [0, 0.1) is 0 Å². The zero-order valence-electron chi connectivity index (χ0n) is 8.05. The molecule has 0 aromatic heterocycles. The Kier molecular flexibility index (Phi) is 4.32. The zero-order valence-corrected chi connectivity index (χ0v) is 8.05. The normalized spacial score (nSPS) is 14.6. The van der Waals surface area contributed by atoms with Gasteiger partial charge in [0.2, 0.25) is 5.91 Å². The number of aliphatic carboxylic acids is 1. The maximum Gasteiger partial charge on any atom is 0.412 e. The molecule has 0 aliphatic rings. The molecule has 1 atom stereocenters. The molecule has 0 aliphatic carbocycles. The van der Waals surface area contributed by atoms with Crippen LogP contribution in [0.2, 0.25) is 0 Å². The number of hydrogen-bond acceptors (Lipinski definition) is 2. The highest BCUT2D eigenvalue weighted by molar-refractivity contribution is 5.91. The van der Waals surface area contributed by atoms with Crippen LogP contribution in [-0.4, -0.2) is 29.2 Å². The molecule has 86 valence electrons.